The van der Waals surface area contributed by atoms with E-state index < -0.39 is 4.33 Å². The number of hydrogen-bond acceptors (Lipinski definition) is 1. The highest BCUT2D eigenvalue weighted by Crippen LogP contribution is 2.26. The third kappa shape index (κ3) is 2.01. The summed E-state index contributed by atoms with van der Waals surface area (Å²) in [6.07, 6.45) is 6.86. The van der Waals surface area contributed by atoms with E-state index in [4.69, 9.17) is 28.9 Å². The van der Waals surface area contributed by atoms with Crippen molar-refractivity contribution >= 4 is 23.2 Å². The number of rotatable bonds is 0. The van der Waals surface area contributed by atoms with E-state index in [9.17, 15) is 0 Å². The van der Waals surface area contributed by atoms with Crippen molar-refractivity contribution in [2.45, 2.75) is 10.4 Å². The molecule has 0 amide bonds. The number of halogens is 2. The highest BCUT2D eigenvalue weighted by Gasteiger charge is 2.18. The number of allylic oxidation sites excluding steroid dienone is 2. The van der Waals surface area contributed by atoms with E-state index in [0.29, 0.717) is 0 Å². The Hall–Kier alpha value is 0.0200. The molecule has 9 heavy (non-hydrogen) atoms. The van der Waals surface area contributed by atoms with Gasteiger partial charge in [0.1, 0.15) is 0 Å². The Balaban J connectivity index is 2.70. The fraction of sp³-hybridized carbons (Fsp3) is 0.333. The highest BCUT2D eigenvalue weighted by molar-refractivity contribution is 6.51. The largest absolute Gasteiger partial charge is 0.321 e. The van der Waals surface area contributed by atoms with Crippen LogP contribution in [0.2, 0.25) is 0 Å². The lowest BCUT2D eigenvalue weighted by Crippen LogP contribution is -2.20. The Bertz CT molecular complexity index is 144. The van der Waals surface area contributed by atoms with Crippen LogP contribution in [0.25, 0.3) is 0 Å². The van der Waals surface area contributed by atoms with E-state index in [-0.39, 0.29) is 6.04 Å². The first-order valence-corrected chi connectivity index (χ1v) is 3.38. The van der Waals surface area contributed by atoms with Gasteiger partial charge in [0.25, 0.3) is 0 Å². The minimum absolute atomic E-state index is 0.0318. The molecule has 0 fully saturated rings. The van der Waals surface area contributed by atoms with Crippen LogP contribution in [0.1, 0.15) is 0 Å². The fourth-order valence-electron chi connectivity index (χ4n) is 0.599. The molecule has 50 valence electrons. The van der Waals surface area contributed by atoms with Crippen LogP contribution < -0.4 is 5.73 Å². The maximum Gasteiger partial charge on any atom is 0.154 e. The van der Waals surface area contributed by atoms with E-state index >= 15 is 0 Å². The molecular weight excluding hydrogens is 157 g/mol. The van der Waals surface area contributed by atoms with Gasteiger partial charge in [0.15, 0.2) is 4.33 Å². The normalized spacial score (nSPS) is 24.8. The summed E-state index contributed by atoms with van der Waals surface area (Å²) in [6.45, 7) is 0. The van der Waals surface area contributed by atoms with Crippen LogP contribution in [0.4, 0.5) is 0 Å². The first kappa shape index (κ1) is 7.13. The van der Waals surface area contributed by atoms with E-state index in [2.05, 4.69) is 0 Å². The van der Waals surface area contributed by atoms with E-state index in [1.165, 1.54) is 0 Å². The molecule has 0 aliphatic heterocycles. The van der Waals surface area contributed by atoms with Gasteiger partial charge in [-0.15, -0.1) is 0 Å². The lowest BCUT2D eigenvalue weighted by atomic mass is 10.1. The number of alkyl halides is 2. The fourth-order valence-corrected chi connectivity index (χ4v) is 0.889. The molecule has 1 rings (SSSR count). The van der Waals surface area contributed by atoms with Crippen LogP contribution in [-0.4, -0.2) is 10.4 Å². The Kier molecular flexibility index (Phi) is 1.85. The zero-order chi connectivity index (χ0) is 6.91. The summed E-state index contributed by atoms with van der Waals surface area (Å²) < 4.78 is -0.837. The lowest BCUT2D eigenvalue weighted by Gasteiger charge is -2.14. The topological polar surface area (TPSA) is 26.0 Å². The molecule has 0 aromatic heterocycles. The average Bonchev–Trinajstić information content (AvgIpc) is 1.78. The van der Waals surface area contributed by atoms with Crippen molar-refractivity contribution in [3.05, 3.63) is 24.3 Å². The number of nitrogens with two attached hydrogens (primary N) is 1. The molecule has 1 aliphatic rings. The quantitative estimate of drug-likeness (QED) is 0.427. The first-order chi connectivity index (χ1) is 4.10. The van der Waals surface area contributed by atoms with Crippen molar-refractivity contribution in [2.75, 3.05) is 0 Å². The number of hydrogen-bond donors (Lipinski definition) is 1. The van der Waals surface area contributed by atoms with Gasteiger partial charge < -0.3 is 5.73 Å². The van der Waals surface area contributed by atoms with Crippen molar-refractivity contribution in [1.82, 2.24) is 0 Å². The third-order valence-corrected chi connectivity index (χ3v) is 1.59. The van der Waals surface area contributed by atoms with E-state index in [0.717, 1.165) is 0 Å². The predicted octanol–water partition coefficient (Wildman–Crippen LogP) is 1.61. The first-order valence-electron chi connectivity index (χ1n) is 2.62. The molecule has 0 saturated carbocycles. The van der Waals surface area contributed by atoms with Crippen molar-refractivity contribution < 1.29 is 0 Å². The second-order valence-electron chi connectivity index (χ2n) is 1.97. The van der Waals surface area contributed by atoms with Gasteiger partial charge in [-0.3, -0.25) is 0 Å². The zero-order valence-electron chi connectivity index (χ0n) is 4.72. The molecule has 0 aromatic carbocycles. The van der Waals surface area contributed by atoms with Crippen molar-refractivity contribution in [3.8, 4) is 0 Å². The molecule has 0 atom stereocenters. The monoisotopic (exact) mass is 163 g/mol. The van der Waals surface area contributed by atoms with Gasteiger partial charge in [-0.25, -0.2) is 0 Å². The van der Waals surface area contributed by atoms with Crippen LogP contribution in [0, 0.1) is 0 Å². The van der Waals surface area contributed by atoms with Gasteiger partial charge in [-0.1, -0.05) is 35.4 Å². The molecule has 2 N–H and O–H groups in total. The Morgan fingerprint density at radius 3 is 2.00 bits per heavy atom. The Labute approximate surface area is 64.1 Å². The molecule has 0 heterocycles. The zero-order valence-corrected chi connectivity index (χ0v) is 6.23. The van der Waals surface area contributed by atoms with Gasteiger partial charge >= 0.3 is 0 Å². The standard InChI is InChI=1S/C6H7Cl2N/c7-6(8)3-1-5(9)2-4-6/h1-5H,9H2. The molecule has 1 aliphatic carbocycles. The molecule has 0 unspecified atom stereocenters. The molecule has 3 heteroatoms. The summed E-state index contributed by atoms with van der Waals surface area (Å²) in [5.74, 6) is 0. The third-order valence-electron chi connectivity index (χ3n) is 1.08. The molecule has 0 saturated heterocycles. The summed E-state index contributed by atoms with van der Waals surface area (Å²) in [5, 5.41) is 0. The second-order valence-corrected chi connectivity index (χ2v) is 3.41. The molecule has 0 spiro atoms. The van der Waals surface area contributed by atoms with Gasteiger partial charge in [-0.2, -0.15) is 0 Å². The van der Waals surface area contributed by atoms with Gasteiger partial charge in [-0.05, 0) is 12.2 Å². The maximum atomic E-state index is 5.67. The van der Waals surface area contributed by atoms with Gasteiger partial charge in [0.05, 0.1) is 0 Å². The van der Waals surface area contributed by atoms with E-state index in [1.54, 1.807) is 24.3 Å². The molecular formula is C6H7Cl2N. The van der Waals surface area contributed by atoms with Gasteiger partial charge in [0, 0.05) is 6.04 Å². The SMILES string of the molecule is NC1C=CC(Cl)(Cl)C=C1. The van der Waals surface area contributed by atoms with E-state index in [1.807, 2.05) is 0 Å². The van der Waals surface area contributed by atoms with Gasteiger partial charge in [0.2, 0.25) is 0 Å². The van der Waals surface area contributed by atoms with Crippen LogP contribution in [0.5, 0.6) is 0 Å². The van der Waals surface area contributed by atoms with Crippen molar-refractivity contribution in [1.29, 1.82) is 0 Å². The Morgan fingerprint density at radius 1 is 1.22 bits per heavy atom. The summed E-state index contributed by atoms with van der Waals surface area (Å²) in [6, 6.07) is -0.0318. The summed E-state index contributed by atoms with van der Waals surface area (Å²) >= 11 is 11.3. The highest BCUT2D eigenvalue weighted by atomic mass is 35.5. The maximum absolute atomic E-state index is 5.67. The smallest absolute Gasteiger partial charge is 0.154 e. The predicted molar refractivity (Wildman–Crippen MR) is 40.7 cm³/mol. The van der Waals surface area contributed by atoms with Crippen molar-refractivity contribution in [3.63, 3.8) is 0 Å². The van der Waals surface area contributed by atoms with Crippen LogP contribution in [0.15, 0.2) is 24.3 Å². The molecule has 1 nitrogen and oxygen atoms in total. The summed E-state index contributed by atoms with van der Waals surface area (Å²) in [4.78, 5) is 0. The molecule has 0 radical (unpaired) electrons. The van der Waals surface area contributed by atoms with Crippen LogP contribution in [0.3, 0.4) is 0 Å². The summed E-state index contributed by atoms with van der Waals surface area (Å²) in [5.41, 5.74) is 5.46. The lowest BCUT2D eigenvalue weighted by molar-refractivity contribution is 0.980. The molecule has 0 bridgehead atoms. The minimum atomic E-state index is -0.837. The van der Waals surface area contributed by atoms with Crippen molar-refractivity contribution in [2.24, 2.45) is 5.73 Å². The molecule has 0 aromatic rings. The van der Waals surface area contributed by atoms with Crippen LogP contribution in [-0.2, 0) is 0 Å². The average molecular weight is 164 g/mol. The second kappa shape index (κ2) is 2.33. The Morgan fingerprint density at radius 2 is 1.67 bits per heavy atom. The summed E-state index contributed by atoms with van der Waals surface area (Å²) in [7, 11) is 0. The van der Waals surface area contributed by atoms with Crippen LogP contribution >= 0.6 is 23.2 Å². The minimum Gasteiger partial charge on any atom is -0.321 e.